The van der Waals surface area contributed by atoms with E-state index >= 15 is 0 Å². The summed E-state index contributed by atoms with van der Waals surface area (Å²) in [5.74, 6) is -1.03. The summed E-state index contributed by atoms with van der Waals surface area (Å²) < 4.78 is 0. The zero-order valence-corrected chi connectivity index (χ0v) is 9.59. The Morgan fingerprint density at radius 1 is 1.44 bits per heavy atom. The molecule has 6 nitrogen and oxygen atoms in total. The Bertz CT molecular complexity index is 278. The van der Waals surface area contributed by atoms with Crippen molar-refractivity contribution in [2.75, 3.05) is 20.2 Å². The normalized spacial score (nSPS) is 16.7. The van der Waals surface area contributed by atoms with E-state index in [-0.39, 0.29) is 25.2 Å². The van der Waals surface area contributed by atoms with Gasteiger partial charge in [-0.3, -0.25) is 0 Å². The van der Waals surface area contributed by atoms with Gasteiger partial charge in [-0.05, 0) is 19.8 Å². The summed E-state index contributed by atoms with van der Waals surface area (Å²) in [5, 5.41) is 17.7. The predicted octanol–water partition coefficient (Wildman–Crippen LogP) is -0.0320. The Morgan fingerprint density at radius 3 is 2.38 bits per heavy atom. The van der Waals surface area contributed by atoms with Gasteiger partial charge in [0, 0.05) is 19.6 Å². The standard InChI is InChI=1S/C10H18N2O4/c1-7(9(14)15)11(2)10(16)12(5-6-13)8-3-4-8/h7-8,13H,3-6H2,1-2H3,(H,14,15). The molecule has 0 bridgehead atoms. The average Bonchev–Trinajstić information content (AvgIpc) is 3.06. The van der Waals surface area contributed by atoms with Gasteiger partial charge in [0.1, 0.15) is 6.04 Å². The molecule has 1 aliphatic rings. The Morgan fingerprint density at radius 2 is 2.00 bits per heavy atom. The molecule has 1 saturated carbocycles. The molecule has 0 saturated heterocycles. The first kappa shape index (κ1) is 12.8. The third kappa shape index (κ3) is 2.85. The van der Waals surface area contributed by atoms with Crippen molar-refractivity contribution in [2.45, 2.75) is 31.8 Å². The van der Waals surface area contributed by atoms with Crippen molar-refractivity contribution in [1.82, 2.24) is 9.80 Å². The van der Waals surface area contributed by atoms with Gasteiger partial charge in [-0.15, -0.1) is 0 Å². The highest BCUT2D eigenvalue weighted by Gasteiger charge is 2.35. The summed E-state index contributed by atoms with van der Waals surface area (Å²) >= 11 is 0. The van der Waals surface area contributed by atoms with Crippen LogP contribution in [0.1, 0.15) is 19.8 Å². The summed E-state index contributed by atoms with van der Waals surface area (Å²) in [6.45, 7) is 1.63. The van der Waals surface area contributed by atoms with E-state index in [4.69, 9.17) is 10.2 Å². The van der Waals surface area contributed by atoms with Crippen molar-refractivity contribution in [2.24, 2.45) is 0 Å². The van der Waals surface area contributed by atoms with Gasteiger partial charge >= 0.3 is 12.0 Å². The van der Waals surface area contributed by atoms with Crippen molar-refractivity contribution in [3.8, 4) is 0 Å². The number of nitrogens with zero attached hydrogens (tertiary/aromatic N) is 2. The van der Waals surface area contributed by atoms with Gasteiger partial charge in [-0.1, -0.05) is 0 Å². The van der Waals surface area contributed by atoms with E-state index in [1.165, 1.54) is 18.9 Å². The van der Waals surface area contributed by atoms with Gasteiger partial charge in [0.25, 0.3) is 0 Å². The first-order valence-corrected chi connectivity index (χ1v) is 5.36. The number of carboxylic acids is 1. The number of amides is 2. The van der Waals surface area contributed by atoms with Gasteiger partial charge in [0.15, 0.2) is 0 Å². The number of aliphatic hydroxyl groups excluding tert-OH is 1. The number of carbonyl (C=O) groups excluding carboxylic acids is 1. The van der Waals surface area contributed by atoms with Crippen LogP contribution < -0.4 is 0 Å². The molecule has 0 heterocycles. The summed E-state index contributed by atoms with van der Waals surface area (Å²) in [7, 11) is 1.47. The molecule has 0 radical (unpaired) electrons. The van der Waals surface area contributed by atoms with Crippen LogP contribution in [0, 0.1) is 0 Å². The van der Waals surface area contributed by atoms with Crippen molar-refractivity contribution >= 4 is 12.0 Å². The van der Waals surface area contributed by atoms with Crippen LogP contribution in [0.25, 0.3) is 0 Å². The number of rotatable bonds is 5. The fourth-order valence-electron chi connectivity index (χ4n) is 1.46. The Hall–Kier alpha value is -1.30. The third-order valence-corrected chi connectivity index (χ3v) is 2.81. The minimum absolute atomic E-state index is 0.0997. The van der Waals surface area contributed by atoms with Crippen LogP contribution in [0.5, 0.6) is 0 Å². The molecule has 2 N–H and O–H groups in total. The van der Waals surface area contributed by atoms with E-state index < -0.39 is 12.0 Å². The summed E-state index contributed by atoms with van der Waals surface area (Å²) in [4.78, 5) is 25.4. The maximum Gasteiger partial charge on any atom is 0.326 e. The highest BCUT2D eigenvalue weighted by atomic mass is 16.4. The van der Waals surface area contributed by atoms with E-state index in [2.05, 4.69) is 0 Å². The molecule has 0 aromatic rings. The van der Waals surface area contributed by atoms with E-state index in [1.807, 2.05) is 0 Å². The SMILES string of the molecule is CC(C(=O)O)N(C)C(=O)N(CCO)C1CC1. The predicted molar refractivity (Wildman–Crippen MR) is 57.1 cm³/mol. The van der Waals surface area contributed by atoms with Crippen LogP contribution >= 0.6 is 0 Å². The molecule has 6 heteroatoms. The number of aliphatic hydroxyl groups is 1. The van der Waals surface area contributed by atoms with Crippen LogP contribution in [-0.4, -0.2) is 64.3 Å². The van der Waals surface area contributed by atoms with Crippen molar-refractivity contribution in [1.29, 1.82) is 0 Å². The van der Waals surface area contributed by atoms with E-state index in [1.54, 1.807) is 4.90 Å². The fraction of sp³-hybridized carbons (Fsp3) is 0.800. The molecule has 0 aliphatic heterocycles. The quantitative estimate of drug-likeness (QED) is 0.695. The number of hydrogen-bond acceptors (Lipinski definition) is 3. The molecule has 1 fully saturated rings. The molecule has 0 aromatic carbocycles. The van der Waals surface area contributed by atoms with E-state index in [0.717, 1.165) is 12.8 Å². The lowest BCUT2D eigenvalue weighted by Gasteiger charge is -2.29. The molecule has 2 amide bonds. The molecular weight excluding hydrogens is 212 g/mol. The summed E-state index contributed by atoms with van der Waals surface area (Å²) in [6, 6.07) is -1.01. The monoisotopic (exact) mass is 230 g/mol. The van der Waals surface area contributed by atoms with Crippen molar-refractivity contribution in [3.63, 3.8) is 0 Å². The summed E-state index contributed by atoms with van der Waals surface area (Å²) in [6.07, 6.45) is 1.86. The molecule has 92 valence electrons. The first-order chi connectivity index (χ1) is 7.49. The minimum atomic E-state index is -1.03. The average molecular weight is 230 g/mol. The molecule has 1 aliphatic carbocycles. The maximum absolute atomic E-state index is 11.9. The first-order valence-electron chi connectivity index (χ1n) is 5.36. The minimum Gasteiger partial charge on any atom is -0.480 e. The number of carboxylic acid groups (broad SMARTS) is 1. The van der Waals surface area contributed by atoms with Crippen LogP contribution in [0.3, 0.4) is 0 Å². The van der Waals surface area contributed by atoms with Crippen LogP contribution in [-0.2, 0) is 4.79 Å². The van der Waals surface area contributed by atoms with Gasteiger partial charge in [-0.2, -0.15) is 0 Å². The lowest BCUT2D eigenvalue weighted by atomic mass is 10.3. The van der Waals surface area contributed by atoms with Crippen LogP contribution in [0.2, 0.25) is 0 Å². The zero-order valence-electron chi connectivity index (χ0n) is 9.59. The maximum atomic E-state index is 11.9. The topological polar surface area (TPSA) is 81.1 Å². The lowest BCUT2D eigenvalue weighted by molar-refractivity contribution is -0.141. The van der Waals surface area contributed by atoms with Gasteiger partial charge in [0.05, 0.1) is 6.61 Å². The molecule has 16 heavy (non-hydrogen) atoms. The number of likely N-dealkylation sites (N-methyl/N-ethyl adjacent to an activating group) is 1. The largest absolute Gasteiger partial charge is 0.480 e. The second-order valence-electron chi connectivity index (χ2n) is 4.06. The van der Waals surface area contributed by atoms with Crippen LogP contribution in [0.15, 0.2) is 0 Å². The second-order valence-corrected chi connectivity index (χ2v) is 4.06. The number of carbonyl (C=O) groups is 2. The fourth-order valence-corrected chi connectivity index (χ4v) is 1.46. The van der Waals surface area contributed by atoms with E-state index in [9.17, 15) is 9.59 Å². The Balaban J connectivity index is 2.62. The van der Waals surface area contributed by atoms with Crippen molar-refractivity contribution in [3.05, 3.63) is 0 Å². The molecule has 0 aromatic heterocycles. The van der Waals surface area contributed by atoms with E-state index in [0.29, 0.717) is 0 Å². The molecule has 0 spiro atoms. The molecule has 1 rings (SSSR count). The molecule has 1 atom stereocenters. The zero-order chi connectivity index (χ0) is 12.3. The van der Waals surface area contributed by atoms with Gasteiger partial charge in [0.2, 0.25) is 0 Å². The van der Waals surface area contributed by atoms with Crippen molar-refractivity contribution < 1.29 is 19.8 Å². The Labute approximate surface area is 94.4 Å². The second kappa shape index (κ2) is 5.16. The number of urea groups is 1. The highest BCUT2D eigenvalue weighted by Crippen LogP contribution is 2.27. The number of hydrogen-bond donors (Lipinski definition) is 2. The van der Waals surface area contributed by atoms with Crippen LogP contribution in [0.4, 0.5) is 4.79 Å². The van der Waals surface area contributed by atoms with Gasteiger partial charge < -0.3 is 20.0 Å². The van der Waals surface area contributed by atoms with Gasteiger partial charge in [-0.25, -0.2) is 9.59 Å². The Kier molecular flexibility index (Phi) is 4.12. The third-order valence-electron chi connectivity index (χ3n) is 2.81. The smallest absolute Gasteiger partial charge is 0.326 e. The highest BCUT2D eigenvalue weighted by molar-refractivity contribution is 5.82. The lowest BCUT2D eigenvalue weighted by Crippen LogP contribution is -2.49. The molecule has 1 unspecified atom stereocenters. The summed E-state index contributed by atoms with van der Waals surface area (Å²) in [5.41, 5.74) is 0. The molecular formula is C10H18N2O4. The number of aliphatic carboxylic acids is 1.